The lowest BCUT2D eigenvalue weighted by molar-refractivity contribution is -0.237. The van der Waals surface area contributed by atoms with Crippen LogP contribution in [0.4, 0.5) is 0 Å². The molecule has 0 aromatic carbocycles. The molecule has 0 aliphatic carbocycles. The van der Waals surface area contributed by atoms with Crippen molar-refractivity contribution >= 4 is 47.0 Å². The molecule has 1 fully saturated rings. The van der Waals surface area contributed by atoms with Gasteiger partial charge in [-0.05, 0) is 11.4 Å². The number of aromatic amines is 1. The average Bonchev–Trinajstić information content (AvgIpc) is 3.35. The number of carbonyl (C=O) groups excluding carboxylic acids is 4. The standard InChI is InChI=1S/C23H23N3O10S2/c1-10(27)32-9-15-18(33-11(2)28)19(34-12(3)29)20(35-13(4)30)22(36-15)38-23-25-17(16-6-5-7-37-16)14(8-24)21(31)26-23/h5-7,15,18-20,22H,9H2,1-4H3,(H,25,26,31)/t15-,18+,19+,20-,22-/m1/s1. The van der Waals surface area contributed by atoms with E-state index in [-0.39, 0.29) is 16.4 Å². The zero-order valence-corrected chi connectivity index (χ0v) is 22.3. The van der Waals surface area contributed by atoms with Gasteiger partial charge in [0.05, 0.1) is 4.88 Å². The van der Waals surface area contributed by atoms with Crippen molar-refractivity contribution in [3.63, 3.8) is 0 Å². The fourth-order valence-electron chi connectivity index (χ4n) is 3.60. The van der Waals surface area contributed by atoms with Crippen molar-refractivity contribution in [2.45, 2.75) is 62.7 Å². The van der Waals surface area contributed by atoms with Crippen LogP contribution >= 0.6 is 23.1 Å². The number of hydrogen-bond donors (Lipinski definition) is 1. The third-order valence-corrected chi connectivity index (χ3v) is 6.84. The Morgan fingerprint density at radius 1 is 1.05 bits per heavy atom. The minimum absolute atomic E-state index is 0.00157. The number of rotatable bonds is 8. The fraction of sp³-hybridized carbons (Fsp3) is 0.435. The first kappa shape index (κ1) is 28.8. The highest BCUT2D eigenvalue weighted by Gasteiger charge is 2.52. The zero-order chi connectivity index (χ0) is 28.0. The Balaban J connectivity index is 2.07. The quantitative estimate of drug-likeness (QED) is 0.276. The molecule has 1 saturated heterocycles. The Bertz CT molecular complexity index is 1300. The lowest BCUT2D eigenvalue weighted by Crippen LogP contribution is -2.61. The van der Waals surface area contributed by atoms with E-state index in [0.717, 1.165) is 32.5 Å². The van der Waals surface area contributed by atoms with E-state index in [1.54, 1.807) is 17.5 Å². The van der Waals surface area contributed by atoms with Gasteiger partial charge in [-0.15, -0.1) is 11.3 Å². The first-order valence-corrected chi connectivity index (χ1v) is 12.8. The molecule has 2 aromatic heterocycles. The monoisotopic (exact) mass is 565 g/mol. The molecule has 1 aliphatic rings. The summed E-state index contributed by atoms with van der Waals surface area (Å²) in [7, 11) is 0. The van der Waals surface area contributed by atoms with Gasteiger partial charge in [-0.1, -0.05) is 17.8 Å². The van der Waals surface area contributed by atoms with Crippen LogP contribution in [0.1, 0.15) is 33.3 Å². The summed E-state index contributed by atoms with van der Waals surface area (Å²) in [6.07, 6.45) is -5.18. The third-order valence-electron chi connectivity index (χ3n) is 4.94. The van der Waals surface area contributed by atoms with Crippen molar-refractivity contribution in [1.82, 2.24) is 9.97 Å². The molecule has 13 nitrogen and oxygen atoms in total. The third kappa shape index (κ3) is 7.18. The highest BCUT2D eigenvalue weighted by Crippen LogP contribution is 2.37. The van der Waals surface area contributed by atoms with Crippen LogP contribution in [0.15, 0.2) is 27.5 Å². The number of esters is 4. The number of thioether (sulfide) groups is 1. The van der Waals surface area contributed by atoms with E-state index in [1.807, 2.05) is 6.07 Å². The predicted octanol–water partition coefficient (Wildman–Crippen LogP) is 1.55. The summed E-state index contributed by atoms with van der Waals surface area (Å²) < 4.78 is 27.2. The average molecular weight is 566 g/mol. The van der Waals surface area contributed by atoms with Gasteiger partial charge in [-0.25, -0.2) is 4.98 Å². The molecule has 3 rings (SSSR count). The Labute approximate surface area is 224 Å². The smallest absolute Gasteiger partial charge is 0.303 e. The summed E-state index contributed by atoms with van der Waals surface area (Å²) in [5.74, 6) is -2.94. The Morgan fingerprint density at radius 2 is 1.68 bits per heavy atom. The first-order valence-electron chi connectivity index (χ1n) is 11.1. The number of hydrogen-bond acceptors (Lipinski definition) is 14. The predicted molar refractivity (Wildman–Crippen MR) is 131 cm³/mol. The maximum absolute atomic E-state index is 12.7. The highest BCUT2D eigenvalue weighted by molar-refractivity contribution is 7.99. The Hall–Kier alpha value is -3.74. The lowest BCUT2D eigenvalue weighted by Gasteiger charge is -2.43. The van der Waals surface area contributed by atoms with Gasteiger partial charge in [-0.3, -0.25) is 24.0 Å². The minimum atomic E-state index is -1.37. The van der Waals surface area contributed by atoms with Crippen molar-refractivity contribution in [1.29, 1.82) is 5.26 Å². The molecule has 2 aromatic rings. The summed E-state index contributed by atoms with van der Waals surface area (Å²) in [5, 5.41) is 11.2. The van der Waals surface area contributed by atoms with E-state index in [9.17, 15) is 29.2 Å². The minimum Gasteiger partial charge on any atom is -0.463 e. The van der Waals surface area contributed by atoms with E-state index < -0.39 is 65.9 Å². The van der Waals surface area contributed by atoms with Crippen LogP contribution in [0.25, 0.3) is 10.6 Å². The van der Waals surface area contributed by atoms with Gasteiger partial charge in [0.2, 0.25) is 0 Å². The van der Waals surface area contributed by atoms with E-state index in [4.69, 9.17) is 23.7 Å². The molecule has 0 unspecified atom stereocenters. The van der Waals surface area contributed by atoms with Gasteiger partial charge in [0.1, 0.15) is 30.0 Å². The van der Waals surface area contributed by atoms with Crippen LogP contribution in [-0.2, 0) is 42.9 Å². The number of ether oxygens (including phenoxy) is 5. The highest BCUT2D eigenvalue weighted by atomic mass is 32.2. The van der Waals surface area contributed by atoms with Crippen molar-refractivity contribution in [3.8, 4) is 16.6 Å². The van der Waals surface area contributed by atoms with Crippen LogP contribution in [-0.4, -0.2) is 70.3 Å². The summed E-state index contributed by atoms with van der Waals surface area (Å²) in [6, 6.07) is 5.26. The molecule has 5 atom stereocenters. The molecule has 38 heavy (non-hydrogen) atoms. The number of aromatic nitrogens is 2. The molecule has 0 bridgehead atoms. The maximum Gasteiger partial charge on any atom is 0.303 e. The lowest BCUT2D eigenvalue weighted by atomic mass is 9.99. The normalized spacial score (nSPS) is 22.6. The number of nitriles is 1. The van der Waals surface area contributed by atoms with E-state index in [0.29, 0.717) is 4.88 Å². The van der Waals surface area contributed by atoms with Crippen LogP contribution in [0.3, 0.4) is 0 Å². The van der Waals surface area contributed by atoms with Gasteiger partial charge >= 0.3 is 23.9 Å². The number of H-pyrrole nitrogens is 1. The second-order valence-corrected chi connectivity index (χ2v) is 9.90. The summed E-state index contributed by atoms with van der Waals surface area (Å²) in [4.78, 5) is 67.5. The van der Waals surface area contributed by atoms with Crippen LogP contribution in [0, 0.1) is 11.3 Å². The fourth-order valence-corrected chi connectivity index (χ4v) is 5.38. The molecule has 1 N–H and O–H groups in total. The van der Waals surface area contributed by atoms with Gasteiger partial charge in [-0.2, -0.15) is 5.26 Å². The van der Waals surface area contributed by atoms with Crippen molar-refractivity contribution in [2.75, 3.05) is 6.61 Å². The van der Waals surface area contributed by atoms with E-state index >= 15 is 0 Å². The number of thiophene rings is 1. The topological polar surface area (TPSA) is 184 Å². The van der Waals surface area contributed by atoms with Gasteiger partial charge in [0, 0.05) is 27.7 Å². The van der Waals surface area contributed by atoms with Crippen molar-refractivity contribution in [2.24, 2.45) is 0 Å². The second kappa shape index (κ2) is 12.7. The summed E-state index contributed by atoms with van der Waals surface area (Å²) in [6.45, 7) is 4.12. The zero-order valence-electron chi connectivity index (χ0n) is 20.6. The molecule has 1 aliphatic heterocycles. The molecular formula is C23H23N3O10S2. The van der Waals surface area contributed by atoms with E-state index in [2.05, 4.69) is 9.97 Å². The molecule has 202 valence electrons. The molecule has 15 heteroatoms. The summed E-state index contributed by atoms with van der Waals surface area (Å²) in [5.41, 5.74) is -1.96. The number of nitrogens with one attached hydrogen (secondary N) is 1. The SMILES string of the molecule is CC(=O)OC[C@H]1O[C@H](Sc2nc(-c3cccs3)c(C#N)c(=O)[nH]2)[C@H](OC(C)=O)[C@@H](OC(C)=O)[C@H]1OC(C)=O. The maximum atomic E-state index is 12.7. The van der Waals surface area contributed by atoms with Crippen LogP contribution < -0.4 is 5.56 Å². The van der Waals surface area contributed by atoms with Gasteiger partial charge in [0.15, 0.2) is 28.9 Å². The van der Waals surface area contributed by atoms with Crippen molar-refractivity contribution < 1.29 is 42.9 Å². The number of nitrogens with zero attached hydrogens (tertiary/aromatic N) is 2. The van der Waals surface area contributed by atoms with Crippen LogP contribution in [0.2, 0.25) is 0 Å². The molecule has 0 radical (unpaired) electrons. The Kier molecular flexibility index (Phi) is 9.61. The Morgan fingerprint density at radius 3 is 2.24 bits per heavy atom. The number of carbonyl (C=O) groups is 4. The van der Waals surface area contributed by atoms with Gasteiger partial charge < -0.3 is 28.7 Å². The van der Waals surface area contributed by atoms with E-state index in [1.165, 1.54) is 18.3 Å². The molecule has 0 amide bonds. The molecule has 3 heterocycles. The first-order chi connectivity index (χ1) is 18.0. The van der Waals surface area contributed by atoms with Crippen molar-refractivity contribution in [3.05, 3.63) is 33.4 Å². The largest absolute Gasteiger partial charge is 0.463 e. The van der Waals surface area contributed by atoms with Crippen LogP contribution in [0.5, 0.6) is 0 Å². The second-order valence-electron chi connectivity index (χ2n) is 7.87. The van der Waals surface area contributed by atoms with Gasteiger partial charge in [0.25, 0.3) is 5.56 Å². The molecular weight excluding hydrogens is 542 g/mol. The molecule has 0 spiro atoms. The summed E-state index contributed by atoms with van der Waals surface area (Å²) >= 11 is 2.08. The molecule has 0 saturated carbocycles.